The van der Waals surface area contributed by atoms with Gasteiger partial charge in [0.2, 0.25) is 5.91 Å². The topological polar surface area (TPSA) is 67.9 Å². The number of hydrogen-bond donors (Lipinski definition) is 1. The van der Waals surface area contributed by atoms with E-state index in [-0.39, 0.29) is 18.2 Å². The van der Waals surface area contributed by atoms with Crippen LogP contribution in [0, 0.1) is 0 Å². The van der Waals surface area contributed by atoms with Crippen LogP contribution in [0.2, 0.25) is 0 Å². The average molecular weight is 405 g/mol. The first kappa shape index (κ1) is 17.3. The number of imide groups is 1. The number of carbonyl (C=O) groups is 2. The normalized spacial score (nSPS) is 16.9. The number of rotatable bonds is 5. The van der Waals surface area contributed by atoms with Crippen molar-refractivity contribution in [1.29, 1.82) is 0 Å². The van der Waals surface area contributed by atoms with E-state index in [0.29, 0.717) is 22.9 Å². The number of methoxy groups -OCH3 is 2. The summed E-state index contributed by atoms with van der Waals surface area (Å²) in [6.45, 7) is 0. The van der Waals surface area contributed by atoms with Crippen molar-refractivity contribution < 1.29 is 19.1 Å². The summed E-state index contributed by atoms with van der Waals surface area (Å²) in [5.74, 6) is 0.664. The van der Waals surface area contributed by atoms with E-state index in [0.717, 1.165) is 4.47 Å². The predicted octanol–water partition coefficient (Wildman–Crippen LogP) is 3.21. The molecule has 25 heavy (non-hydrogen) atoms. The second kappa shape index (κ2) is 7.14. The van der Waals surface area contributed by atoms with E-state index in [9.17, 15) is 9.59 Å². The maximum Gasteiger partial charge on any atom is 0.256 e. The SMILES string of the molecule is COc1ccc(N[C@@H]2CC(=O)N(c3ccc(Br)cc3)C2=O)c(OC)c1. The Morgan fingerprint density at radius 1 is 1.08 bits per heavy atom. The first-order valence-corrected chi connectivity index (χ1v) is 8.43. The van der Waals surface area contributed by atoms with Crippen LogP contribution in [-0.4, -0.2) is 32.1 Å². The van der Waals surface area contributed by atoms with Crippen LogP contribution in [0.1, 0.15) is 6.42 Å². The van der Waals surface area contributed by atoms with Gasteiger partial charge in [-0.1, -0.05) is 15.9 Å². The van der Waals surface area contributed by atoms with Crippen molar-refractivity contribution in [3.05, 3.63) is 46.9 Å². The van der Waals surface area contributed by atoms with Crippen molar-refractivity contribution in [2.45, 2.75) is 12.5 Å². The molecule has 1 heterocycles. The number of carbonyl (C=O) groups excluding carboxylic acids is 2. The molecule has 1 N–H and O–H groups in total. The average Bonchev–Trinajstić information content (AvgIpc) is 2.90. The minimum atomic E-state index is -0.640. The summed E-state index contributed by atoms with van der Waals surface area (Å²) in [5.41, 5.74) is 1.19. The predicted molar refractivity (Wildman–Crippen MR) is 98.2 cm³/mol. The van der Waals surface area contributed by atoms with Gasteiger partial charge in [0, 0.05) is 10.5 Å². The third kappa shape index (κ3) is 3.46. The molecule has 1 aliphatic heterocycles. The first-order chi connectivity index (χ1) is 12.0. The number of anilines is 2. The van der Waals surface area contributed by atoms with Gasteiger partial charge in [-0.15, -0.1) is 0 Å². The molecule has 0 aromatic heterocycles. The molecule has 6 nitrogen and oxygen atoms in total. The lowest BCUT2D eigenvalue weighted by molar-refractivity contribution is -0.121. The molecule has 1 atom stereocenters. The highest BCUT2D eigenvalue weighted by molar-refractivity contribution is 9.10. The molecule has 0 unspecified atom stereocenters. The minimum absolute atomic E-state index is 0.0874. The van der Waals surface area contributed by atoms with E-state index in [2.05, 4.69) is 21.2 Å². The molecule has 0 bridgehead atoms. The van der Waals surface area contributed by atoms with Gasteiger partial charge in [-0.3, -0.25) is 9.59 Å². The largest absolute Gasteiger partial charge is 0.497 e. The van der Waals surface area contributed by atoms with Gasteiger partial charge in [-0.2, -0.15) is 0 Å². The maximum atomic E-state index is 12.7. The Balaban J connectivity index is 1.82. The first-order valence-electron chi connectivity index (χ1n) is 7.64. The molecule has 0 spiro atoms. The summed E-state index contributed by atoms with van der Waals surface area (Å²) in [6.07, 6.45) is 0.0874. The van der Waals surface area contributed by atoms with Crippen LogP contribution >= 0.6 is 15.9 Å². The molecule has 2 aromatic carbocycles. The summed E-state index contributed by atoms with van der Waals surface area (Å²) in [7, 11) is 3.10. The summed E-state index contributed by atoms with van der Waals surface area (Å²) in [6, 6.07) is 11.7. The van der Waals surface area contributed by atoms with Crippen molar-refractivity contribution in [3.63, 3.8) is 0 Å². The van der Waals surface area contributed by atoms with Crippen LogP contribution in [0.15, 0.2) is 46.9 Å². The smallest absolute Gasteiger partial charge is 0.256 e. The fraction of sp³-hybridized carbons (Fsp3) is 0.222. The van der Waals surface area contributed by atoms with Crippen molar-refractivity contribution in [1.82, 2.24) is 0 Å². The number of nitrogens with one attached hydrogen (secondary N) is 1. The third-order valence-electron chi connectivity index (χ3n) is 3.97. The molecule has 0 aliphatic carbocycles. The van der Waals surface area contributed by atoms with Gasteiger partial charge >= 0.3 is 0 Å². The highest BCUT2D eigenvalue weighted by Crippen LogP contribution is 2.32. The maximum absolute atomic E-state index is 12.7. The molecule has 0 radical (unpaired) electrons. The third-order valence-corrected chi connectivity index (χ3v) is 4.50. The molecule has 1 saturated heterocycles. The number of ether oxygens (including phenoxy) is 2. The van der Waals surface area contributed by atoms with Crippen LogP contribution < -0.4 is 19.7 Å². The Kier molecular flexibility index (Phi) is 4.94. The zero-order valence-electron chi connectivity index (χ0n) is 13.8. The van der Waals surface area contributed by atoms with Crippen LogP contribution in [-0.2, 0) is 9.59 Å². The van der Waals surface area contributed by atoms with E-state index in [1.165, 1.54) is 12.0 Å². The van der Waals surface area contributed by atoms with Crippen LogP contribution in [0.4, 0.5) is 11.4 Å². The lowest BCUT2D eigenvalue weighted by Crippen LogP contribution is -2.34. The van der Waals surface area contributed by atoms with Crippen molar-refractivity contribution in [2.24, 2.45) is 0 Å². The summed E-state index contributed by atoms with van der Waals surface area (Å²) in [5, 5.41) is 3.10. The van der Waals surface area contributed by atoms with E-state index < -0.39 is 6.04 Å². The second-order valence-electron chi connectivity index (χ2n) is 5.51. The molecule has 3 rings (SSSR count). The van der Waals surface area contributed by atoms with E-state index in [1.54, 1.807) is 49.6 Å². The van der Waals surface area contributed by atoms with Crippen LogP contribution in [0.25, 0.3) is 0 Å². The molecule has 1 fully saturated rings. The highest BCUT2D eigenvalue weighted by Gasteiger charge is 2.39. The van der Waals surface area contributed by atoms with E-state index in [4.69, 9.17) is 9.47 Å². The van der Waals surface area contributed by atoms with Crippen molar-refractivity contribution >= 4 is 39.1 Å². The quantitative estimate of drug-likeness (QED) is 0.774. The number of amides is 2. The number of halogens is 1. The molecule has 2 aromatic rings. The monoisotopic (exact) mass is 404 g/mol. The summed E-state index contributed by atoms with van der Waals surface area (Å²) < 4.78 is 11.4. The van der Waals surface area contributed by atoms with Gasteiger partial charge in [-0.05, 0) is 36.4 Å². The molecule has 0 saturated carbocycles. The van der Waals surface area contributed by atoms with Gasteiger partial charge in [0.25, 0.3) is 5.91 Å². The standard InChI is InChI=1S/C18H17BrN2O4/c1-24-13-7-8-14(16(9-13)25-2)20-15-10-17(22)21(18(15)23)12-5-3-11(19)4-6-12/h3-9,15,20H,10H2,1-2H3/t15-/m1/s1. The van der Waals surface area contributed by atoms with E-state index in [1.807, 2.05) is 0 Å². The van der Waals surface area contributed by atoms with Crippen molar-refractivity contribution in [3.8, 4) is 11.5 Å². The van der Waals surface area contributed by atoms with Crippen molar-refractivity contribution in [2.75, 3.05) is 24.4 Å². The Hall–Kier alpha value is -2.54. The molecule has 2 amide bonds. The Morgan fingerprint density at radius 2 is 1.80 bits per heavy atom. The fourth-order valence-corrected chi connectivity index (χ4v) is 2.98. The van der Waals surface area contributed by atoms with E-state index >= 15 is 0 Å². The zero-order chi connectivity index (χ0) is 18.0. The number of nitrogens with zero attached hydrogens (tertiary/aromatic N) is 1. The zero-order valence-corrected chi connectivity index (χ0v) is 15.4. The lowest BCUT2D eigenvalue weighted by atomic mass is 10.2. The van der Waals surface area contributed by atoms with Gasteiger partial charge in [0.15, 0.2) is 0 Å². The summed E-state index contributed by atoms with van der Waals surface area (Å²) in [4.78, 5) is 26.2. The van der Waals surface area contributed by atoms with Crippen LogP contribution in [0.3, 0.4) is 0 Å². The lowest BCUT2D eigenvalue weighted by Gasteiger charge is -2.17. The minimum Gasteiger partial charge on any atom is -0.497 e. The van der Waals surface area contributed by atoms with Crippen LogP contribution in [0.5, 0.6) is 11.5 Å². The Morgan fingerprint density at radius 3 is 2.44 bits per heavy atom. The number of hydrogen-bond acceptors (Lipinski definition) is 5. The Bertz CT molecular complexity index is 807. The van der Waals surface area contributed by atoms with Gasteiger partial charge in [-0.25, -0.2) is 4.90 Å². The molecular weight excluding hydrogens is 388 g/mol. The number of benzene rings is 2. The summed E-state index contributed by atoms with van der Waals surface area (Å²) >= 11 is 3.34. The Labute approximate surface area is 153 Å². The molecule has 130 valence electrons. The van der Waals surface area contributed by atoms with Gasteiger partial charge < -0.3 is 14.8 Å². The molecular formula is C18H17BrN2O4. The van der Waals surface area contributed by atoms with Gasteiger partial charge in [0.1, 0.15) is 17.5 Å². The second-order valence-corrected chi connectivity index (χ2v) is 6.43. The molecule has 7 heteroatoms. The van der Waals surface area contributed by atoms with Gasteiger partial charge in [0.05, 0.1) is 32.0 Å². The highest BCUT2D eigenvalue weighted by atomic mass is 79.9. The fourth-order valence-electron chi connectivity index (χ4n) is 2.71. The molecule has 1 aliphatic rings.